The molecule has 7 heteroatoms. The molecule has 0 aliphatic carbocycles. The molecule has 0 radical (unpaired) electrons. The summed E-state index contributed by atoms with van der Waals surface area (Å²) in [5, 5.41) is 11.1. The largest absolute Gasteiger partial charge is 0.502 e. The minimum atomic E-state index is -0.529. The third kappa shape index (κ3) is 5.41. The predicted molar refractivity (Wildman–Crippen MR) is 146 cm³/mol. The van der Waals surface area contributed by atoms with Crippen LogP contribution in [0.4, 0.5) is 0 Å². The molecule has 0 spiro atoms. The summed E-state index contributed by atoms with van der Waals surface area (Å²) in [5.74, 6) is 1.30. The van der Waals surface area contributed by atoms with Gasteiger partial charge in [-0.05, 0) is 53.9 Å². The highest BCUT2D eigenvalue weighted by atomic mass is 79.9. The van der Waals surface area contributed by atoms with Gasteiger partial charge in [-0.1, -0.05) is 53.6 Å². The van der Waals surface area contributed by atoms with Crippen molar-refractivity contribution in [3.8, 4) is 34.3 Å². The molecule has 0 aliphatic rings. The normalized spacial score (nSPS) is 11.2. The molecular formula is C29H27BrO6. The van der Waals surface area contributed by atoms with Gasteiger partial charge in [-0.15, -0.1) is 0 Å². The van der Waals surface area contributed by atoms with Gasteiger partial charge in [-0.25, -0.2) is 0 Å². The van der Waals surface area contributed by atoms with Crippen LogP contribution in [0.25, 0.3) is 34.4 Å². The van der Waals surface area contributed by atoms with Crippen LogP contribution >= 0.6 is 15.9 Å². The van der Waals surface area contributed by atoms with Crippen molar-refractivity contribution in [2.75, 3.05) is 20.8 Å². The van der Waals surface area contributed by atoms with Crippen molar-refractivity contribution in [3.63, 3.8) is 0 Å². The zero-order chi connectivity index (χ0) is 25.7. The van der Waals surface area contributed by atoms with Gasteiger partial charge in [0.15, 0.2) is 5.76 Å². The lowest BCUT2D eigenvalue weighted by Crippen LogP contribution is -2.04. The summed E-state index contributed by atoms with van der Waals surface area (Å²) < 4.78 is 23.6. The summed E-state index contributed by atoms with van der Waals surface area (Å²) in [6, 6.07) is 16.3. The lowest BCUT2D eigenvalue weighted by atomic mass is 10.00. The fraction of sp³-hybridized carbons (Fsp3) is 0.207. The fourth-order valence-electron chi connectivity index (χ4n) is 3.79. The Balaban J connectivity index is 1.80. The van der Waals surface area contributed by atoms with Crippen LogP contribution in [0.5, 0.6) is 23.0 Å². The number of ether oxygens (including phenoxy) is 3. The quantitative estimate of drug-likeness (QED) is 0.174. The van der Waals surface area contributed by atoms with Crippen molar-refractivity contribution in [2.45, 2.75) is 19.8 Å². The second kappa shape index (κ2) is 11.4. The number of fused-ring (bicyclic) bond motifs is 1. The molecule has 0 bridgehead atoms. The van der Waals surface area contributed by atoms with E-state index in [0.29, 0.717) is 39.3 Å². The smallest absolute Gasteiger partial charge is 0.235 e. The van der Waals surface area contributed by atoms with Crippen LogP contribution in [0.1, 0.15) is 30.9 Å². The Morgan fingerprint density at radius 2 is 1.75 bits per heavy atom. The van der Waals surface area contributed by atoms with Crippen molar-refractivity contribution in [1.29, 1.82) is 0 Å². The molecule has 4 aromatic rings. The summed E-state index contributed by atoms with van der Waals surface area (Å²) in [6.07, 6.45) is 5.87. The van der Waals surface area contributed by atoms with Gasteiger partial charge in [0.05, 0.1) is 31.8 Å². The summed E-state index contributed by atoms with van der Waals surface area (Å²) in [5.41, 5.74) is 1.85. The number of hydrogen-bond acceptors (Lipinski definition) is 6. The number of rotatable bonds is 9. The molecule has 36 heavy (non-hydrogen) atoms. The predicted octanol–water partition coefficient (Wildman–Crippen LogP) is 7.29. The second-order valence-electron chi connectivity index (χ2n) is 8.15. The van der Waals surface area contributed by atoms with Gasteiger partial charge in [0.2, 0.25) is 11.2 Å². The first-order valence-corrected chi connectivity index (χ1v) is 12.4. The van der Waals surface area contributed by atoms with Crippen LogP contribution < -0.4 is 19.6 Å². The van der Waals surface area contributed by atoms with Gasteiger partial charge >= 0.3 is 0 Å². The molecule has 0 saturated carbocycles. The van der Waals surface area contributed by atoms with E-state index in [0.717, 1.165) is 24.2 Å². The monoisotopic (exact) mass is 550 g/mol. The van der Waals surface area contributed by atoms with E-state index < -0.39 is 11.2 Å². The van der Waals surface area contributed by atoms with Crippen molar-refractivity contribution in [1.82, 2.24) is 0 Å². The van der Waals surface area contributed by atoms with Gasteiger partial charge < -0.3 is 23.7 Å². The SMILES string of the molecule is CCCCOc1ccc(/C=C/c2cc(OC)cc(OC)c2-c2oc3ccc(Br)cc3c(=O)c2O)cc1. The average molecular weight is 551 g/mol. The van der Waals surface area contributed by atoms with E-state index in [1.165, 1.54) is 7.11 Å². The fourth-order valence-corrected chi connectivity index (χ4v) is 4.15. The van der Waals surface area contributed by atoms with E-state index in [9.17, 15) is 9.90 Å². The van der Waals surface area contributed by atoms with Crippen LogP contribution in [-0.2, 0) is 0 Å². The summed E-state index contributed by atoms with van der Waals surface area (Å²) in [7, 11) is 3.07. The van der Waals surface area contributed by atoms with Crippen molar-refractivity contribution >= 4 is 39.1 Å². The second-order valence-corrected chi connectivity index (χ2v) is 9.06. The number of aromatic hydroxyl groups is 1. The molecule has 0 amide bonds. The third-order valence-electron chi connectivity index (χ3n) is 5.72. The molecule has 1 heterocycles. The third-order valence-corrected chi connectivity index (χ3v) is 6.21. The standard InChI is InChI=1S/C29H27BrO6/c1-4-5-14-35-21-11-7-18(8-12-21)6-9-19-15-22(33-2)17-25(34-3)26(19)29-28(32)27(31)23-16-20(30)10-13-24(23)36-29/h6-13,15-17,32H,4-5,14H2,1-3H3/b9-6+. The van der Waals surface area contributed by atoms with Crippen LogP contribution in [-0.4, -0.2) is 25.9 Å². The number of unbranched alkanes of at least 4 members (excludes halogenated alkanes) is 1. The number of hydrogen-bond donors (Lipinski definition) is 1. The van der Waals surface area contributed by atoms with Crippen molar-refractivity contribution in [3.05, 3.63) is 80.4 Å². The van der Waals surface area contributed by atoms with Gasteiger partial charge in [0.1, 0.15) is 22.8 Å². The Kier molecular flexibility index (Phi) is 8.00. The van der Waals surface area contributed by atoms with Gasteiger partial charge in [-0.3, -0.25) is 4.79 Å². The van der Waals surface area contributed by atoms with E-state index in [1.54, 1.807) is 37.4 Å². The molecule has 0 aliphatic heterocycles. The first-order valence-electron chi connectivity index (χ1n) is 11.6. The number of methoxy groups -OCH3 is 2. The molecule has 0 fully saturated rings. The molecule has 6 nitrogen and oxygen atoms in total. The Hall–Kier alpha value is -3.71. The van der Waals surface area contributed by atoms with Gasteiger partial charge in [0, 0.05) is 10.5 Å². The molecule has 1 aromatic heterocycles. The van der Waals surface area contributed by atoms with Gasteiger partial charge in [0.25, 0.3) is 0 Å². The Labute approximate surface area is 217 Å². The zero-order valence-electron chi connectivity index (χ0n) is 20.3. The Bertz CT molecular complexity index is 1450. The van der Waals surface area contributed by atoms with Gasteiger partial charge in [-0.2, -0.15) is 0 Å². The highest BCUT2D eigenvalue weighted by Crippen LogP contribution is 2.42. The molecule has 1 N–H and O–H groups in total. The minimum absolute atomic E-state index is 0.0219. The van der Waals surface area contributed by atoms with Crippen molar-refractivity contribution < 1.29 is 23.7 Å². The van der Waals surface area contributed by atoms with E-state index in [2.05, 4.69) is 22.9 Å². The molecule has 0 atom stereocenters. The molecule has 3 aromatic carbocycles. The zero-order valence-corrected chi connectivity index (χ0v) is 21.9. The maximum Gasteiger partial charge on any atom is 0.235 e. The lowest BCUT2D eigenvalue weighted by molar-refractivity contribution is 0.309. The Morgan fingerprint density at radius 1 is 0.972 bits per heavy atom. The molecule has 0 unspecified atom stereocenters. The number of halogens is 1. The topological polar surface area (TPSA) is 78.1 Å². The summed E-state index contributed by atoms with van der Waals surface area (Å²) >= 11 is 3.35. The highest BCUT2D eigenvalue weighted by molar-refractivity contribution is 9.10. The summed E-state index contributed by atoms with van der Waals surface area (Å²) in [4.78, 5) is 13.0. The molecule has 186 valence electrons. The van der Waals surface area contributed by atoms with Crippen LogP contribution in [0.15, 0.2) is 68.3 Å². The average Bonchev–Trinajstić information content (AvgIpc) is 2.90. The van der Waals surface area contributed by atoms with E-state index in [4.69, 9.17) is 18.6 Å². The molecule has 4 rings (SSSR count). The molecular weight excluding hydrogens is 524 g/mol. The minimum Gasteiger partial charge on any atom is -0.502 e. The van der Waals surface area contributed by atoms with E-state index in [1.807, 2.05) is 36.4 Å². The number of benzene rings is 3. The lowest BCUT2D eigenvalue weighted by Gasteiger charge is -2.15. The van der Waals surface area contributed by atoms with Crippen LogP contribution in [0.3, 0.4) is 0 Å². The first kappa shape index (κ1) is 25.4. The van der Waals surface area contributed by atoms with Crippen LogP contribution in [0, 0.1) is 0 Å². The molecule has 0 saturated heterocycles. The van der Waals surface area contributed by atoms with Crippen LogP contribution in [0.2, 0.25) is 0 Å². The Morgan fingerprint density at radius 3 is 2.44 bits per heavy atom. The van der Waals surface area contributed by atoms with E-state index in [-0.39, 0.29) is 11.1 Å². The summed E-state index contributed by atoms with van der Waals surface area (Å²) in [6.45, 7) is 2.82. The maximum atomic E-state index is 13.0. The van der Waals surface area contributed by atoms with Crippen molar-refractivity contribution in [2.24, 2.45) is 0 Å². The maximum absolute atomic E-state index is 13.0. The highest BCUT2D eigenvalue weighted by Gasteiger charge is 2.22. The van der Waals surface area contributed by atoms with E-state index >= 15 is 0 Å². The first-order chi connectivity index (χ1) is 17.4.